The number of piperidine rings is 1. The molecule has 82 valence electrons. The van der Waals surface area contributed by atoms with Crippen molar-refractivity contribution in [2.75, 3.05) is 19.7 Å². The van der Waals surface area contributed by atoms with Gasteiger partial charge in [-0.1, -0.05) is 6.07 Å². The van der Waals surface area contributed by atoms with E-state index in [1.807, 2.05) is 18.3 Å². The minimum Gasteiger partial charge on any atom is -0.396 e. The standard InChI is InChI=1S/C12H18N2O/c15-10-11-4-7-14(8-5-11)9-12-3-1-2-6-13-12/h1-3,6,11,15H,4-5,7-10H2. The molecule has 1 fully saturated rings. The summed E-state index contributed by atoms with van der Waals surface area (Å²) >= 11 is 0. The Labute approximate surface area is 90.8 Å². The van der Waals surface area contributed by atoms with Crippen molar-refractivity contribution in [1.82, 2.24) is 9.88 Å². The zero-order valence-electron chi connectivity index (χ0n) is 8.97. The van der Waals surface area contributed by atoms with Gasteiger partial charge in [0.25, 0.3) is 0 Å². The molecule has 0 unspecified atom stereocenters. The van der Waals surface area contributed by atoms with Gasteiger partial charge in [0, 0.05) is 19.3 Å². The van der Waals surface area contributed by atoms with Crippen LogP contribution in [0.2, 0.25) is 0 Å². The van der Waals surface area contributed by atoms with Crippen LogP contribution in [-0.2, 0) is 6.54 Å². The van der Waals surface area contributed by atoms with E-state index in [2.05, 4.69) is 16.0 Å². The van der Waals surface area contributed by atoms with Crippen molar-refractivity contribution in [3.05, 3.63) is 30.1 Å². The third kappa shape index (κ3) is 3.01. The second-order valence-electron chi connectivity index (χ2n) is 4.22. The van der Waals surface area contributed by atoms with Crippen LogP contribution in [0.4, 0.5) is 0 Å². The Morgan fingerprint density at radius 2 is 2.13 bits per heavy atom. The number of aliphatic hydroxyl groups is 1. The highest BCUT2D eigenvalue weighted by atomic mass is 16.3. The number of nitrogens with zero attached hydrogens (tertiary/aromatic N) is 2. The first-order chi connectivity index (χ1) is 7.38. The van der Waals surface area contributed by atoms with E-state index in [-0.39, 0.29) is 0 Å². The predicted octanol–water partition coefficient (Wildman–Crippen LogP) is 1.29. The van der Waals surface area contributed by atoms with Gasteiger partial charge < -0.3 is 5.11 Å². The van der Waals surface area contributed by atoms with Crippen molar-refractivity contribution in [3.8, 4) is 0 Å². The summed E-state index contributed by atoms with van der Waals surface area (Å²) in [7, 11) is 0. The molecule has 1 aliphatic rings. The normalized spacial score (nSPS) is 19.3. The lowest BCUT2D eigenvalue weighted by Crippen LogP contribution is -2.34. The van der Waals surface area contributed by atoms with E-state index in [1.54, 1.807) is 0 Å². The molecule has 2 heterocycles. The molecule has 3 nitrogen and oxygen atoms in total. The van der Waals surface area contributed by atoms with Gasteiger partial charge in [-0.15, -0.1) is 0 Å². The molecule has 15 heavy (non-hydrogen) atoms. The molecule has 0 saturated carbocycles. The van der Waals surface area contributed by atoms with Crippen molar-refractivity contribution < 1.29 is 5.11 Å². The highest BCUT2D eigenvalue weighted by Gasteiger charge is 2.18. The molecular formula is C12H18N2O. The Balaban J connectivity index is 1.82. The lowest BCUT2D eigenvalue weighted by molar-refractivity contribution is 0.126. The summed E-state index contributed by atoms with van der Waals surface area (Å²) in [5, 5.41) is 9.04. The van der Waals surface area contributed by atoms with E-state index in [9.17, 15) is 0 Å². The highest BCUT2D eigenvalue weighted by Crippen LogP contribution is 2.17. The molecule has 1 saturated heterocycles. The molecule has 0 atom stereocenters. The molecule has 1 aliphatic heterocycles. The first kappa shape index (κ1) is 10.6. The van der Waals surface area contributed by atoms with E-state index >= 15 is 0 Å². The third-order valence-electron chi connectivity index (χ3n) is 3.08. The third-order valence-corrected chi connectivity index (χ3v) is 3.08. The van der Waals surface area contributed by atoms with Crippen LogP contribution in [0, 0.1) is 5.92 Å². The van der Waals surface area contributed by atoms with Gasteiger partial charge in [-0.3, -0.25) is 9.88 Å². The van der Waals surface area contributed by atoms with Gasteiger partial charge >= 0.3 is 0 Å². The molecule has 3 heteroatoms. The minimum absolute atomic E-state index is 0.345. The van der Waals surface area contributed by atoms with Crippen LogP contribution >= 0.6 is 0 Å². The maximum Gasteiger partial charge on any atom is 0.0543 e. The van der Waals surface area contributed by atoms with E-state index < -0.39 is 0 Å². The van der Waals surface area contributed by atoms with Crippen molar-refractivity contribution in [2.24, 2.45) is 5.92 Å². The Bertz CT molecular complexity index is 281. The van der Waals surface area contributed by atoms with Crippen LogP contribution < -0.4 is 0 Å². The average molecular weight is 206 g/mol. The topological polar surface area (TPSA) is 36.4 Å². The van der Waals surface area contributed by atoms with Gasteiger partial charge in [-0.05, 0) is 44.0 Å². The molecule has 0 amide bonds. The summed E-state index contributed by atoms with van der Waals surface area (Å²) in [6.07, 6.45) is 4.07. The molecule has 0 aromatic carbocycles. The van der Waals surface area contributed by atoms with Crippen LogP contribution in [0.25, 0.3) is 0 Å². The van der Waals surface area contributed by atoms with E-state index in [0.29, 0.717) is 12.5 Å². The molecule has 0 bridgehead atoms. The van der Waals surface area contributed by atoms with Crippen LogP contribution in [0.5, 0.6) is 0 Å². The monoisotopic (exact) mass is 206 g/mol. The number of hydrogen-bond donors (Lipinski definition) is 1. The number of aromatic nitrogens is 1. The van der Waals surface area contributed by atoms with Gasteiger partial charge in [0.1, 0.15) is 0 Å². The van der Waals surface area contributed by atoms with Crippen LogP contribution in [0.1, 0.15) is 18.5 Å². The van der Waals surface area contributed by atoms with Crippen LogP contribution in [0.3, 0.4) is 0 Å². The average Bonchev–Trinajstić information content (AvgIpc) is 2.31. The molecule has 2 rings (SSSR count). The molecular weight excluding hydrogens is 188 g/mol. The molecule has 1 aromatic heterocycles. The van der Waals surface area contributed by atoms with E-state index in [4.69, 9.17) is 5.11 Å². The van der Waals surface area contributed by atoms with Crippen molar-refractivity contribution >= 4 is 0 Å². The maximum atomic E-state index is 9.04. The van der Waals surface area contributed by atoms with Gasteiger partial charge in [-0.25, -0.2) is 0 Å². The summed E-state index contributed by atoms with van der Waals surface area (Å²) < 4.78 is 0. The quantitative estimate of drug-likeness (QED) is 0.809. The van der Waals surface area contributed by atoms with Crippen LogP contribution in [-0.4, -0.2) is 34.7 Å². The summed E-state index contributed by atoms with van der Waals surface area (Å²) in [6.45, 7) is 3.46. The summed E-state index contributed by atoms with van der Waals surface area (Å²) in [5.74, 6) is 0.519. The molecule has 0 spiro atoms. The fourth-order valence-corrected chi connectivity index (χ4v) is 2.05. The van der Waals surface area contributed by atoms with Crippen LogP contribution in [0.15, 0.2) is 24.4 Å². The molecule has 1 N–H and O–H groups in total. The summed E-state index contributed by atoms with van der Waals surface area (Å²) in [4.78, 5) is 6.73. The fraction of sp³-hybridized carbons (Fsp3) is 0.583. The first-order valence-electron chi connectivity index (χ1n) is 5.61. The highest BCUT2D eigenvalue weighted by molar-refractivity contribution is 5.03. The Morgan fingerprint density at radius 3 is 2.73 bits per heavy atom. The van der Waals surface area contributed by atoms with Gasteiger partial charge in [-0.2, -0.15) is 0 Å². The SMILES string of the molecule is OCC1CCN(Cc2ccccn2)CC1. The largest absolute Gasteiger partial charge is 0.396 e. The number of rotatable bonds is 3. The summed E-state index contributed by atoms with van der Waals surface area (Å²) in [5.41, 5.74) is 1.14. The fourth-order valence-electron chi connectivity index (χ4n) is 2.05. The summed E-state index contributed by atoms with van der Waals surface area (Å²) in [6, 6.07) is 6.04. The van der Waals surface area contributed by atoms with Crippen molar-refractivity contribution in [2.45, 2.75) is 19.4 Å². The lowest BCUT2D eigenvalue weighted by atomic mass is 9.98. The number of aliphatic hydroxyl groups excluding tert-OH is 1. The van der Waals surface area contributed by atoms with E-state index in [0.717, 1.165) is 38.2 Å². The minimum atomic E-state index is 0.345. The zero-order valence-corrected chi connectivity index (χ0v) is 8.97. The molecule has 1 aromatic rings. The predicted molar refractivity (Wildman–Crippen MR) is 59.3 cm³/mol. The number of hydrogen-bond acceptors (Lipinski definition) is 3. The van der Waals surface area contributed by atoms with Gasteiger partial charge in [0.15, 0.2) is 0 Å². The maximum absolute atomic E-state index is 9.04. The second-order valence-corrected chi connectivity index (χ2v) is 4.22. The second kappa shape index (κ2) is 5.24. The zero-order chi connectivity index (χ0) is 10.5. The molecule has 0 aliphatic carbocycles. The Hall–Kier alpha value is -0.930. The van der Waals surface area contributed by atoms with E-state index in [1.165, 1.54) is 0 Å². The number of pyridine rings is 1. The van der Waals surface area contributed by atoms with Gasteiger partial charge in [0.05, 0.1) is 5.69 Å². The smallest absolute Gasteiger partial charge is 0.0543 e. The van der Waals surface area contributed by atoms with Crippen molar-refractivity contribution in [3.63, 3.8) is 0 Å². The Kier molecular flexibility index (Phi) is 3.69. The molecule has 0 radical (unpaired) electrons. The Morgan fingerprint density at radius 1 is 1.33 bits per heavy atom. The van der Waals surface area contributed by atoms with Crippen molar-refractivity contribution in [1.29, 1.82) is 0 Å². The number of likely N-dealkylation sites (tertiary alicyclic amines) is 1. The van der Waals surface area contributed by atoms with Gasteiger partial charge in [0.2, 0.25) is 0 Å². The lowest BCUT2D eigenvalue weighted by Gasteiger charge is -2.30. The first-order valence-corrected chi connectivity index (χ1v) is 5.61.